The number of likely N-dealkylation sites (tertiary alicyclic amines) is 1. The molecule has 1 aliphatic rings. The highest BCUT2D eigenvalue weighted by molar-refractivity contribution is 5.91. The molecule has 1 saturated heterocycles. The minimum Gasteiger partial charge on any atom is -0.495 e. The Hall–Kier alpha value is -2.49. The number of anilines is 1. The first-order valence-corrected chi connectivity index (χ1v) is 9.37. The Morgan fingerprint density at radius 2 is 1.77 bits per heavy atom. The number of carbonyl (C=O) groups is 1. The van der Waals surface area contributed by atoms with E-state index < -0.39 is 0 Å². The van der Waals surface area contributed by atoms with Crippen LogP contribution in [0.2, 0.25) is 0 Å². The standard InChI is InChI=1S/C22H28N2O2/c1-16-8-11-18(12-9-16)20-7-5-4-6-14-24(20)22(25)23-19-15-17(2)10-13-21(19)26-3/h8-13,15,20H,4-7,14H2,1-3H3,(H,23,25). The number of nitrogens with one attached hydrogen (secondary N) is 1. The van der Waals surface area contributed by atoms with E-state index in [2.05, 4.69) is 36.5 Å². The maximum absolute atomic E-state index is 13.1. The maximum atomic E-state index is 13.1. The minimum absolute atomic E-state index is 0.0543. The zero-order valence-corrected chi connectivity index (χ0v) is 15.9. The summed E-state index contributed by atoms with van der Waals surface area (Å²) in [5.74, 6) is 0.686. The molecule has 1 N–H and O–H groups in total. The van der Waals surface area contributed by atoms with Gasteiger partial charge in [-0.1, -0.05) is 48.7 Å². The van der Waals surface area contributed by atoms with E-state index in [9.17, 15) is 4.79 Å². The number of aryl methyl sites for hydroxylation is 2. The van der Waals surface area contributed by atoms with Crippen molar-refractivity contribution in [3.8, 4) is 5.75 Å². The van der Waals surface area contributed by atoms with Crippen molar-refractivity contribution >= 4 is 11.7 Å². The summed E-state index contributed by atoms with van der Waals surface area (Å²) in [7, 11) is 1.63. The van der Waals surface area contributed by atoms with Crippen molar-refractivity contribution in [2.45, 2.75) is 45.6 Å². The number of rotatable bonds is 3. The fraction of sp³-hybridized carbons (Fsp3) is 0.409. The van der Waals surface area contributed by atoms with Gasteiger partial charge in [-0.3, -0.25) is 0 Å². The molecule has 0 aliphatic carbocycles. The van der Waals surface area contributed by atoms with Gasteiger partial charge < -0.3 is 15.0 Å². The number of amides is 2. The number of hydrogen-bond donors (Lipinski definition) is 1. The van der Waals surface area contributed by atoms with Gasteiger partial charge in [-0.05, 0) is 49.9 Å². The highest BCUT2D eigenvalue weighted by Gasteiger charge is 2.27. The lowest BCUT2D eigenvalue weighted by molar-refractivity contribution is 0.189. The number of urea groups is 1. The maximum Gasteiger partial charge on any atom is 0.322 e. The molecule has 4 heteroatoms. The Morgan fingerprint density at radius 3 is 2.50 bits per heavy atom. The highest BCUT2D eigenvalue weighted by Crippen LogP contribution is 2.32. The summed E-state index contributed by atoms with van der Waals surface area (Å²) in [6.45, 7) is 4.88. The molecule has 0 aromatic heterocycles. The lowest BCUT2D eigenvalue weighted by Gasteiger charge is -2.31. The molecule has 2 aromatic rings. The topological polar surface area (TPSA) is 41.6 Å². The second-order valence-corrected chi connectivity index (χ2v) is 7.10. The monoisotopic (exact) mass is 352 g/mol. The molecule has 138 valence electrons. The molecule has 4 nitrogen and oxygen atoms in total. The first-order chi connectivity index (χ1) is 12.6. The van der Waals surface area contributed by atoms with Crippen molar-refractivity contribution in [3.05, 3.63) is 59.2 Å². The molecule has 2 aromatic carbocycles. The summed E-state index contributed by atoms with van der Waals surface area (Å²) < 4.78 is 5.40. The molecular formula is C22H28N2O2. The van der Waals surface area contributed by atoms with E-state index in [1.165, 1.54) is 17.5 Å². The van der Waals surface area contributed by atoms with E-state index in [1.807, 2.05) is 30.0 Å². The number of nitrogens with zero attached hydrogens (tertiary/aromatic N) is 1. The zero-order valence-electron chi connectivity index (χ0n) is 15.9. The van der Waals surface area contributed by atoms with Crippen LogP contribution < -0.4 is 10.1 Å². The molecule has 26 heavy (non-hydrogen) atoms. The van der Waals surface area contributed by atoms with Crippen LogP contribution in [0.4, 0.5) is 10.5 Å². The third-order valence-electron chi connectivity index (χ3n) is 5.07. The molecule has 1 unspecified atom stereocenters. The molecule has 3 rings (SSSR count). The third-order valence-corrected chi connectivity index (χ3v) is 5.07. The second-order valence-electron chi connectivity index (χ2n) is 7.10. The summed E-state index contributed by atoms with van der Waals surface area (Å²) in [6, 6.07) is 14.4. The van der Waals surface area contributed by atoms with Crippen molar-refractivity contribution in [2.24, 2.45) is 0 Å². The first-order valence-electron chi connectivity index (χ1n) is 9.37. The van der Waals surface area contributed by atoms with Crippen LogP contribution in [0, 0.1) is 13.8 Å². The van der Waals surface area contributed by atoms with Crippen molar-refractivity contribution in [1.82, 2.24) is 4.90 Å². The van der Waals surface area contributed by atoms with Crippen LogP contribution in [0.1, 0.15) is 48.4 Å². The van der Waals surface area contributed by atoms with Gasteiger partial charge in [0.2, 0.25) is 0 Å². The van der Waals surface area contributed by atoms with Gasteiger partial charge in [0.25, 0.3) is 0 Å². The number of hydrogen-bond acceptors (Lipinski definition) is 2. The average Bonchev–Trinajstić information content (AvgIpc) is 2.89. The van der Waals surface area contributed by atoms with Crippen molar-refractivity contribution in [2.75, 3.05) is 19.0 Å². The fourth-order valence-corrected chi connectivity index (χ4v) is 3.59. The van der Waals surface area contributed by atoms with Crippen molar-refractivity contribution in [1.29, 1.82) is 0 Å². The Balaban J connectivity index is 1.85. The van der Waals surface area contributed by atoms with E-state index in [1.54, 1.807) is 7.11 Å². The van der Waals surface area contributed by atoms with Gasteiger partial charge in [0.05, 0.1) is 18.8 Å². The molecule has 1 heterocycles. The van der Waals surface area contributed by atoms with Gasteiger partial charge in [0, 0.05) is 6.54 Å². The van der Waals surface area contributed by atoms with Gasteiger partial charge in [-0.15, -0.1) is 0 Å². The normalized spacial score (nSPS) is 17.5. The molecule has 1 atom stereocenters. The zero-order chi connectivity index (χ0) is 18.5. The van der Waals surface area contributed by atoms with Crippen molar-refractivity contribution < 1.29 is 9.53 Å². The van der Waals surface area contributed by atoms with E-state index in [-0.39, 0.29) is 12.1 Å². The fourth-order valence-electron chi connectivity index (χ4n) is 3.59. The predicted octanol–water partition coefficient (Wildman–Crippen LogP) is 5.46. The summed E-state index contributed by atoms with van der Waals surface area (Å²) >= 11 is 0. The van der Waals surface area contributed by atoms with Gasteiger partial charge >= 0.3 is 6.03 Å². The summed E-state index contributed by atoms with van der Waals surface area (Å²) in [5.41, 5.74) is 4.27. The molecule has 1 fully saturated rings. The van der Waals surface area contributed by atoms with E-state index in [0.29, 0.717) is 5.75 Å². The van der Waals surface area contributed by atoms with E-state index >= 15 is 0 Å². The minimum atomic E-state index is -0.0543. The van der Waals surface area contributed by atoms with Crippen LogP contribution in [-0.2, 0) is 0 Å². The van der Waals surface area contributed by atoms with E-state index in [0.717, 1.165) is 37.1 Å². The largest absolute Gasteiger partial charge is 0.495 e. The predicted molar refractivity (Wildman–Crippen MR) is 106 cm³/mol. The van der Waals surface area contributed by atoms with Crippen LogP contribution in [0.5, 0.6) is 5.75 Å². The number of methoxy groups -OCH3 is 1. The molecule has 0 spiro atoms. The van der Waals surface area contributed by atoms with Gasteiger partial charge in [-0.25, -0.2) is 4.79 Å². The molecule has 0 bridgehead atoms. The molecular weight excluding hydrogens is 324 g/mol. The molecule has 2 amide bonds. The second kappa shape index (κ2) is 8.26. The first kappa shape index (κ1) is 18.3. The summed E-state index contributed by atoms with van der Waals surface area (Å²) in [6.07, 6.45) is 4.36. The summed E-state index contributed by atoms with van der Waals surface area (Å²) in [5, 5.41) is 3.07. The number of carbonyl (C=O) groups excluding carboxylic acids is 1. The Kier molecular flexibility index (Phi) is 5.82. The smallest absolute Gasteiger partial charge is 0.322 e. The van der Waals surface area contributed by atoms with E-state index in [4.69, 9.17) is 4.74 Å². The van der Waals surface area contributed by atoms with Gasteiger partial charge in [-0.2, -0.15) is 0 Å². The SMILES string of the molecule is COc1ccc(C)cc1NC(=O)N1CCCCCC1c1ccc(C)cc1. The highest BCUT2D eigenvalue weighted by atomic mass is 16.5. The van der Waals surface area contributed by atoms with Gasteiger partial charge in [0.1, 0.15) is 5.75 Å². The Bertz CT molecular complexity index is 755. The van der Waals surface area contributed by atoms with Crippen LogP contribution >= 0.6 is 0 Å². The Morgan fingerprint density at radius 1 is 1.04 bits per heavy atom. The van der Waals surface area contributed by atoms with Crippen LogP contribution in [0.15, 0.2) is 42.5 Å². The lowest BCUT2D eigenvalue weighted by atomic mass is 10.00. The summed E-state index contributed by atoms with van der Waals surface area (Å²) in [4.78, 5) is 15.1. The van der Waals surface area contributed by atoms with Crippen LogP contribution in [-0.4, -0.2) is 24.6 Å². The lowest BCUT2D eigenvalue weighted by Crippen LogP contribution is -2.38. The number of benzene rings is 2. The number of ether oxygens (including phenoxy) is 1. The average molecular weight is 352 g/mol. The van der Waals surface area contributed by atoms with Gasteiger partial charge in [0.15, 0.2) is 0 Å². The molecule has 1 aliphatic heterocycles. The van der Waals surface area contributed by atoms with Crippen LogP contribution in [0.3, 0.4) is 0 Å². The quantitative estimate of drug-likeness (QED) is 0.797. The molecule has 0 saturated carbocycles. The molecule has 0 radical (unpaired) electrons. The Labute approximate surface area is 156 Å². The van der Waals surface area contributed by atoms with Crippen molar-refractivity contribution in [3.63, 3.8) is 0 Å². The van der Waals surface area contributed by atoms with Crippen LogP contribution in [0.25, 0.3) is 0 Å². The third kappa shape index (κ3) is 4.18.